The minimum atomic E-state index is -0.565. The first-order chi connectivity index (χ1) is 7.90. The number of nitrogens with one attached hydrogen (secondary N) is 1. The summed E-state index contributed by atoms with van der Waals surface area (Å²) in [6.45, 7) is 5.34. The molecule has 1 aromatic heterocycles. The first-order valence-corrected chi connectivity index (χ1v) is 6.31. The predicted octanol–water partition coefficient (Wildman–Crippen LogP) is 2.38. The summed E-state index contributed by atoms with van der Waals surface area (Å²) >= 11 is 1.56. The SMILES string of the molecule is CC(C)(C)OC(=O)N[C@H](C=O)Cc1ccsc1. The van der Waals surface area contributed by atoms with Crippen LogP contribution < -0.4 is 5.32 Å². The summed E-state index contributed by atoms with van der Waals surface area (Å²) in [7, 11) is 0. The van der Waals surface area contributed by atoms with Crippen molar-refractivity contribution < 1.29 is 14.3 Å². The predicted molar refractivity (Wildman–Crippen MR) is 67.2 cm³/mol. The van der Waals surface area contributed by atoms with Gasteiger partial charge in [-0.1, -0.05) is 0 Å². The Morgan fingerprint density at radius 3 is 2.76 bits per heavy atom. The maximum absolute atomic E-state index is 11.5. The van der Waals surface area contributed by atoms with Crippen LogP contribution in [0.25, 0.3) is 0 Å². The highest BCUT2D eigenvalue weighted by molar-refractivity contribution is 7.07. The van der Waals surface area contributed by atoms with Crippen LogP contribution in [0.1, 0.15) is 26.3 Å². The lowest BCUT2D eigenvalue weighted by Gasteiger charge is -2.21. The summed E-state index contributed by atoms with van der Waals surface area (Å²) in [5.41, 5.74) is 0.475. The summed E-state index contributed by atoms with van der Waals surface area (Å²) in [4.78, 5) is 22.3. The smallest absolute Gasteiger partial charge is 0.408 e. The molecule has 0 aromatic carbocycles. The number of rotatable bonds is 4. The van der Waals surface area contributed by atoms with Gasteiger partial charge in [-0.2, -0.15) is 11.3 Å². The van der Waals surface area contributed by atoms with Gasteiger partial charge >= 0.3 is 6.09 Å². The van der Waals surface area contributed by atoms with Crippen molar-refractivity contribution in [1.82, 2.24) is 5.32 Å². The minimum Gasteiger partial charge on any atom is -0.444 e. The van der Waals surface area contributed by atoms with Gasteiger partial charge in [-0.05, 0) is 43.2 Å². The van der Waals surface area contributed by atoms with E-state index < -0.39 is 17.7 Å². The number of hydrogen-bond donors (Lipinski definition) is 1. The number of alkyl carbamates (subject to hydrolysis) is 1. The van der Waals surface area contributed by atoms with Gasteiger partial charge in [0.05, 0.1) is 6.04 Å². The Morgan fingerprint density at radius 2 is 2.29 bits per heavy atom. The normalized spacial score (nSPS) is 12.9. The lowest BCUT2D eigenvalue weighted by atomic mass is 10.1. The molecular weight excluding hydrogens is 238 g/mol. The average molecular weight is 255 g/mol. The molecule has 0 unspecified atom stereocenters. The molecule has 0 spiro atoms. The highest BCUT2D eigenvalue weighted by Gasteiger charge is 2.19. The van der Waals surface area contributed by atoms with Crippen LogP contribution in [0.3, 0.4) is 0 Å². The number of thiophene rings is 1. The summed E-state index contributed by atoms with van der Waals surface area (Å²) in [6, 6.07) is 1.39. The lowest BCUT2D eigenvalue weighted by molar-refractivity contribution is -0.109. The molecule has 1 N–H and O–H groups in total. The molecule has 1 heterocycles. The van der Waals surface area contributed by atoms with E-state index in [4.69, 9.17) is 4.74 Å². The van der Waals surface area contributed by atoms with Crippen molar-refractivity contribution in [3.63, 3.8) is 0 Å². The zero-order valence-electron chi connectivity index (χ0n) is 10.2. The Hall–Kier alpha value is -1.36. The Kier molecular flexibility index (Phi) is 4.69. The zero-order chi connectivity index (χ0) is 12.9. The summed E-state index contributed by atoms with van der Waals surface area (Å²) in [6.07, 6.45) is 0.651. The van der Waals surface area contributed by atoms with Crippen LogP contribution in [-0.4, -0.2) is 24.0 Å². The van der Waals surface area contributed by atoms with Gasteiger partial charge in [0.2, 0.25) is 0 Å². The second-order valence-electron chi connectivity index (χ2n) is 4.72. The molecule has 0 aliphatic heterocycles. The van der Waals surface area contributed by atoms with E-state index in [2.05, 4.69) is 5.32 Å². The molecular formula is C12H17NO3S. The number of hydrogen-bond acceptors (Lipinski definition) is 4. The van der Waals surface area contributed by atoms with E-state index in [1.807, 2.05) is 16.8 Å². The highest BCUT2D eigenvalue weighted by Crippen LogP contribution is 2.09. The van der Waals surface area contributed by atoms with Gasteiger partial charge in [0.25, 0.3) is 0 Å². The number of amides is 1. The quantitative estimate of drug-likeness (QED) is 0.840. The molecule has 0 fully saturated rings. The Bertz CT molecular complexity index is 368. The molecule has 1 aromatic rings. The largest absolute Gasteiger partial charge is 0.444 e. The molecule has 0 radical (unpaired) electrons. The maximum Gasteiger partial charge on any atom is 0.408 e. The number of aldehydes is 1. The summed E-state index contributed by atoms with van der Waals surface area (Å²) < 4.78 is 5.08. The van der Waals surface area contributed by atoms with Crippen LogP contribution in [-0.2, 0) is 16.0 Å². The van der Waals surface area contributed by atoms with Crippen LogP contribution in [0.15, 0.2) is 16.8 Å². The van der Waals surface area contributed by atoms with Crippen molar-refractivity contribution in [2.45, 2.75) is 38.8 Å². The number of carbonyl (C=O) groups excluding carboxylic acids is 2. The van der Waals surface area contributed by atoms with E-state index in [1.54, 1.807) is 32.1 Å². The molecule has 0 aliphatic carbocycles. The van der Waals surface area contributed by atoms with Crippen molar-refractivity contribution in [2.24, 2.45) is 0 Å². The van der Waals surface area contributed by atoms with Crippen LogP contribution in [0.2, 0.25) is 0 Å². The van der Waals surface area contributed by atoms with Gasteiger partial charge in [-0.3, -0.25) is 0 Å². The molecule has 0 bridgehead atoms. The topological polar surface area (TPSA) is 55.4 Å². The Labute approximate surface area is 105 Å². The van der Waals surface area contributed by atoms with E-state index in [0.29, 0.717) is 6.42 Å². The minimum absolute atomic E-state index is 0.492. The van der Waals surface area contributed by atoms with Gasteiger partial charge < -0.3 is 14.8 Å². The summed E-state index contributed by atoms with van der Waals surface area (Å²) in [5.74, 6) is 0. The van der Waals surface area contributed by atoms with Crippen LogP contribution in [0.5, 0.6) is 0 Å². The third kappa shape index (κ3) is 5.49. The molecule has 0 saturated carbocycles. The van der Waals surface area contributed by atoms with Gasteiger partial charge in [0.15, 0.2) is 0 Å². The fourth-order valence-corrected chi connectivity index (χ4v) is 1.94. The van der Waals surface area contributed by atoms with Crippen LogP contribution in [0, 0.1) is 0 Å². The van der Waals surface area contributed by atoms with E-state index in [9.17, 15) is 9.59 Å². The van der Waals surface area contributed by atoms with Gasteiger partial charge in [-0.15, -0.1) is 0 Å². The molecule has 0 aliphatic rings. The van der Waals surface area contributed by atoms with Gasteiger partial charge in [-0.25, -0.2) is 4.79 Å². The molecule has 0 saturated heterocycles. The van der Waals surface area contributed by atoms with Crippen molar-refractivity contribution in [3.8, 4) is 0 Å². The third-order valence-electron chi connectivity index (χ3n) is 1.90. The second-order valence-corrected chi connectivity index (χ2v) is 5.50. The second kappa shape index (κ2) is 5.82. The zero-order valence-corrected chi connectivity index (χ0v) is 11.0. The van der Waals surface area contributed by atoms with Crippen molar-refractivity contribution in [1.29, 1.82) is 0 Å². The highest BCUT2D eigenvalue weighted by atomic mass is 32.1. The monoisotopic (exact) mass is 255 g/mol. The fraction of sp³-hybridized carbons (Fsp3) is 0.500. The third-order valence-corrected chi connectivity index (χ3v) is 2.63. The van der Waals surface area contributed by atoms with Gasteiger partial charge in [0.1, 0.15) is 11.9 Å². The summed E-state index contributed by atoms with van der Waals surface area (Å²) in [5, 5.41) is 6.42. The van der Waals surface area contributed by atoms with Gasteiger partial charge in [0, 0.05) is 6.42 Å². The maximum atomic E-state index is 11.5. The van der Waals surface area contributed by atoms with E-state index >= 15 is 0 Å². The first kappa shape index (κ1) is 13.7. The molecule has 1 rings (SSSR count). The van der Waals surface area contributed by atoms with Crippen molar-refractivity contribution >= 4 is 23.7 Å². The van der Waals surface area contributed by atoms with E-state index in [-0.39, 0.29) is 0 Å². The lowest BCUT2D eigenvalue weighted by Crippen LogP contribution is -2.41. The number of carbonyl (C=O) groups is 2. The fourth-order valence-electron chi connectivity index (χ4n) is 1.25. The first-order valence-electron chi connectivity index (χ1n) is 5.36. The van der Waals surface area contributed by atoms with Crippen LogP contribution in [0.4, 0.5) is 4.79 Å². The molecule has 5 heteroatoms. The molecule has 4 nitrogen and oxygen atoms in total. The molecule has 17 heavy (non-hydrogen) atoms. The molecule has 1 amide bonds. The van der Waals surface area contributed by atoms with E-state index in [0.717, 1.165) is 11.8 Å². The Balaban J connectivity index is 2.47. The van der Waals surface area contributed by atoms with Crippen molar-refractivity contribution in [3.05, 3.63) is 22.4 Å². The number of ether oxygens (including phenoxy) is 1. The standard InChI is InChI=1S/C12H17NO3S/c1-12(2,3)16-11(15)13-10(7-14)6-9-4-5-17-8-9/h4-5,7-8,10H,6H2,1-3H3,(H,13,15)/t10-/m0/s1. The van der Waals surface area contributed by atoms with Crippen molar-refractivity contribution in [2.75, 3.05) is 0 Å². The molecule has 1 atom stereocenters. The van der Waals surface area contributed by atoms with Crippen LogP contribution >= 0.6 is 11.3 Å². The van der Waals surface area contributed by atoms with E-state index in [1.165, 1.54) is 0 Å². The molecule has 94 valence electrons. The average Bonchev–Trinajstić information content (AvgIpc) is 2.66. The Morgan fingerprint density at radius 1 is 1.59 bits per heavy atom.